The average molecular weight is 454 g/mol. The summed E-state index contributed by atoms with van der Waals surface area (Å²) in [6.07, 6.45) is 3.41. The van der Waals surface area contributed by atoms with Crippen molar-refractivity contribution in [2.24, 2.45) is 0 Å². The smallest absolute Gasteiger partial charge is 0.265 e. The third kappa shape index (κ3) is 3.78. The summed E-state index contributed by atoms with van der Waals surface area (Å²) in [5, 5.41) is 7.62. The van der Waals surface area contributed by atoms with Crippen LogP contribution < -0.4 is 20.4 Å². The van der Waals surface area contributed by atoms with Gasteiger partial charge in [-0.15, -0.1) is 11.3 Å². The predicted octanol–water partition coefficient (Wildman–Crippen LogP) is 3.62. The summed E-state index contributed by atoms with van der Waals surface area (Å²) in [6.45, 7) is 3.96. The van der Waals surface area contributed by atoms with E-state index in [4.69, 9.17) is 11.6 Å². The number of hydrogen-bond donors (Lipinski definition) is 2. The van der Waals surface area contributed by atoms with Crippen molar-refractivity contribution in [3.63, 3.8) is 0 Å². The van der Waals surface area contributed by atoms with Gasteiger partial charge in [0.15, 0.2) is 0 Å². The van der Waals surface area contributed by atoms with Gasteiger partial charge >= 0.3 is 0 Å². The molecule has 5 rings (SSSR count). The standard InChI is InChI=1S/C22H20ClN5O2S/c23-16-3-1-2-14-15(16)13-28(22(14)30)20-5-4-19(31-20)21(29)26-17-12-25-7-6-18(17)27-10-8-24-9-11-27/h1-7,12,24H,8-11,13H2,(H,26,29). The fourth-order valence-corrected chi connectivity index (χ4v) is 5.05. The van der Waals surface area contributed by atoms with Gasteiger partial charge < -0.3 is 15.5 Å². The van der Waals surface area contributed by atoms with Crippen LogP contribution in [-0.2, 0) is 6.54 Å². The molecule has 2 amide bonds. The van der Waals surface area contributed by atoms with E-state index in [1.54, 1.807) is 47.6 Å². The molecule has 0 spiro atoms. The van der Waals surface area contributed by atoms with Gasteiger partial charge in [0.1, 0.15) is 0 Å². The van der Waals surface area contributed by atoms with E-state index < -0.39 is 0 Å². The van der Waals surface area contributed by atoms with Crippen LogP contribution in [-0.4, -0.2) is 43.0 Å². The number of halogens is 1. The van der Waals surface area contributed by atoms with Crippen LogP contribution in [0.3, 0.4) is 0 Å². The summed E-state index contributed by atoms with van der Waals surface area (Å²) in [4.78, 5) is 34.3. The molecule has 0 atom stereocenters. The maximum atomic E-state index is 12.9. The molecule has 7 nitrogen and oxygen atoms in total. The number of hydrogen-bond acceptors (Lipinski definition) is 6. The highest BCUT2D eigenvalue weighted by atomic mass is 35.5. The Labute approximate surface area is 188 Å². The number of aromatic nitrogens is 1. The Morgan fingerprint density at radius 3 is 2.81 bits per heavy atom. The Morgan fingerprint density at radius 1 is 1.16 bits per heavy atom. The molecule has 0 bridgehead atoms. The Balaban J connectivity index is 1.34. The second kappa shape index (κ2) is 8.30. The summed E-state index contributed by atoms with van der Waals surface area (Å²) < 4.78 is 0. The lowest BCUT2D eigenvalue weighted by Gasteiger charge is -2.30. The van der Waals surface area contributed by atoms with Crippen LogP contribution in [0.4, 0.5) is 16.4 Å². The molecule has 1 aromatic carbocycles. The van der Waals surface area contributed by atoms with Crippen LogP contribution >= 0.6 is 22.9 Å². The summed E-state index contributed by atoms with van der Waals surface area (Å²) in [6, 6.07) is 10.8. The number of benzene rings is 1. The molecule has 0 radical (unpaired) electrons. The van der Waals surface area contributed by atoms with Crippen molar-refractivity contribution in [2.75, 3.05) is 41.3 Å². The third-order valence-electron chi connectivity index (χ3n) is 5.50. The van der Waals surface area contributed by atoms with Gasteiger partial charge in [0, 0.05) is 48.5 Å². The Morgan fingerprint density at radius 2 is 2.00 bits per heavy atom. The first-order valence-corrected chi connectivity index (χ1v) is 11.2. The van der Waals surface area contributed by atoms with Crippen molar-refractivity contribution in [1.82, 2.24) is 10.3 Å². The molecule has 2 aliphatic rings. The molecule has 1 saturated heterocycles. The topological polar surface area (TPSA) is 77.6 Å². The predicted molar refractivity (Wildman–Crippen MR) is 124 cm³/mol. The van der Waals surface area contributed by atoms with Crippen molar-refractivity contribution in [3.8, 4) is 0 Å². The van der Waals surface area contributed by atoms with Crippen molar-refractivity contribution in [2.45, 2.75) is 6.54 Å². The lowest BCUT2D eigenvalue weighted by atomic mass is 10.1. The van der Waals surface area contributed by atoms with Gasteiger partial charge in [0.2, 0.25) is 0 Å². The molecule has 3 aromatic rings. The van der Waals surface area contributed by atoms with Crippen molar-refractivity contribution >= 4 is 51.1 Å². The van der Waals surface area contributed by atoms with Gasteiger partial charge in [-0.3, -0.25) is 19.5 Å². The maximum absolute atomic E-state index is 12.9. The summed E-state index contributed by atoms with van der Waals surface area (Å²) in [7, 11) is 0. The van der Waals surface area contributed by atoms with Crippen LogP contribution in [0.2, 0.25) is 5.02 Å². The number of pyridine rings is 1. The number of carbonyl (C=O) groups excluding carboxylic acids is 2. The van der Waals surface area contributed by atoms with E-state index in [-0.39, 0.29) is 11.8 Å². The Hall–Kier alpha value is -2.94. The molecule has 4 heterocycles. The minimum Gasteiger partial charge on any atom is -0.367 e. The second-order valence-electron chi connectivity index (χ2n) is 7.38. The van der Waals surface area contributed by atoms with Crippen LogP contribution in [0, 0.1) is 0 Å². The first-order chi connectivity index (χ1) is 15.1. The average Bonchev–Trinajstić information content (AvgIpc) is 3.41. The Kier molecular flexibility index (Phi) is 5.35. The van der Waals surface area contributed by atoms with Crippen LogP contribution in [0.25, 0.3) is 0 Å². The van der Waals surface area contributed by atoms with Gasteiger partial charge in [-0.2, -0.15) is 0 Å². The summed E-state index contributed by atoms with van der Waals surface area (Å²) in [5.74, 6) is -0.317. The monoisotopic (exact) mass is 453 g/mol. The molecule has 0 aliphatic carbocycles. The van der Waals surface area contributed by atoms with Gasteiger partial charge in [-0.25, -0.2) is 0 Å². The zero-order valence-corrected chi connectivity index (χ0v) is 18.2. The summed E-state index contributed by atoms with van der Waals surface area (Å²) >= 11 is 7.54. The van der Waals surface area contributed by atoms with Gasteiger partial charge in [0.05, 0.1) is 34.0 Å². The zero-order valence-electron chi connectivity index (χ0n) is 16.6. The number of thiophene rings is 1. The molecular formula is C22H20ClN5O2S. The van der Waals surface area contributed by atoms with E-state index in [9.17, 15) is 9.59 Å². The van der Waals surface area contributed by atoms with Crippen LogP contribution in [0.15, 0.2) is 48.8 Å². The van der Waals surface area contributed by atoms with E-state index in [1.165, 1.54) is 11.3 Å². The first-order valence-electron chi connectivity index (χ1n) is 10.0. The van der Waals surface area contributed by atoms with E-state index >= 15 is 0 Å². The van der Waals surface area contributed by atoms with Crippen molar-refractivity contribution < 1.29 is 9.59 Å². The van der Waals surface area contributed by atoms with Gasteiger partial charge in [-0.05, 0) is 30.3 Å². The minimum absolute atomic E-state index is 0.0976. The normalized spacial score (nSPS) is 15.8. The molecule has 2 aliphatic heterocycles. The number of nitrogens with one attached hydrogen (secondary N) is 2. The molecule has 9 heteroatoms. The second-order valence-corrected chi connectivity index (χ2v) is 8.85. The van der Waals surface area contributed by atoms with E-state index in [2.05, 4.69) is 20.5 Å². The number of amides is 2. The van der Waals surface area contributed by atoms with E-state index in [1.807, 2.05) is 6.07 Å². The highest BCUT2D eigenvalue weighted by Crippen LogP contribution is 2.36. The Bertz CT molecular complexity index is 1160. The van der Waals surface area contributed by atoms with Crippen molar-refractivity contribution in [3.05, 3.63) is 69.8 Å². The quantitative estimate of drug-likeness (QED) is 0.631. The summed E-state index contributed by atoms with van der Waals surface area (Å²) in [5.41, 5.74) is 3.08. The van der Waals surface area contributed by atoms with E-state index in [0.717, 1.165) is 42.4 Å². The molecule has 0 saturated carbocycles. The molecule has 31 heavy (non-hydrogen) atoms. The molecule has 2 N–H and O–H groups in total. The number of fused-ring (bicyclic) bond motifs is 1. The van der Waals surface area contributed by atoms with E-state index in [0.29, 0.717) is 27.7 Å². The SMILES string of the molecule is O=C(Nc1cnccc1N1CCNCC1)c1ccc(N2Cc3c(Cl)cccc3C2=O)s1. The largest absolute Gasteiger partial charge is 0.367 e. The fourth-order valence-electron chi connectivity index (χ4n) is 3.92. The third-order valence-corrected chi connectivity index (χ3v) is 6.96. The molecular weight excluding hydrogens is 434 g/mol. The maximum Gasteiger partial charge on any atom is 0.265 e. The molecule has 0 unspecified atom stereocenters. The minimum atomic E-state index is -0.220. The van der Waals surface area contributed by atoms with Crippen LogP contribution in [0.5, 0.6) is 0 Å². The number of nitrogens with zero attached hydrogens (tertiary/aromatic N) is 3. The van der Waals surface area contributed by atoms with Gasteiger partial charge in [-0.1, -0.05) is 17.7 Å². The number of piperazine rings is 1. The molecule has 158 valence electrons. The van der Waals surface area contributed by atoms with Crippen molar-refractivity contribution in [1.29, 1.82) is 0 Å². The highest BCUT2D eigenvalue weighted by Gasteiger charge is 2.31. The molecule has 2 aromatic heterocycles. The fraction of sp³-hybridized carbons (Fsp3) is 0.227. The number of carbonyl (C=O) groups is 2. The number of rotatable bonds is 4. The molecule has 1 fully saturated rings. The highest BCUT2D eigenvalue weighted by molar-refractivity contribution is 7.18. The zero-order chi connectivity index (χ0) is 21.4. The number of anilines is 3. The first kappa shape index (κ1) is 20.0. The van der Waals surface area contributed by atoms with Gasteiger partial charge in [0.25, 0.3) is 11.8 Å². The lowest BCUT2D eigenvalue weighted by Crippen LogP contribution is -2.43. The van der Waals surface area contributed by atoms with Crippen LogP contribution in [0.1, 0.15) is 25.6 Å². The lowest BCUT2D eigenvalue weighted by molar-refractivity contribution is 0.0995.